The monoisotopic (exact) mass is 362 g/mol. The van der Waals surface area contributed by atoms with E-state index in [1.54, 1.807) is 14.0 Å². The zero-order valence-corrected chi connectivity index (χ0v) is 15.6. The van der Waals surface area contributed by atoms with Gasteiger partial charge in [-0.1, -0.05) is 24.0 Å². The van der Waals surface area contributed by atoms with Gasteiger partial charge in [-0.05, 0) is 37.5 Å². The van der Waals surface area contributed by atoms with Gasteiger partial charge in [0.1, 0.15) is 0 Å². The average Bonchev–Trinajstić information content (AvgIpc) is 3.41. The zero-order chi connectivity index (χ0) is 18.0. The summed E-state index contributed by atoms with van der Waals surface area (Å²) in [5.41, 5.74) is 2.12. The first-order chi connectivity index (χ1) is 11.9. The Bertz CT molecular complexity index is 760. The van der Waals surface area contributed by atoms with Crippen molar-refractivity contribution < 1.29 is 13.5 Å². The zero-order valence-electron chi connectivity index (χ0n) is 14.8. The van der Waals surface area contributed by atoms with Crippen LogP contribution in [-0.4, -0.2) is 55.9 Å². The standard InChI is InChI=1S/C19H26N2O3S/c1-3-25(23,24)21(2)12-17-19(18(13-22)20-17)16-10-8-15(9-11-16)7-6-14-4-5-14/h8-11,14,17-20,22H,3-5,12-13H2,1-2H3/t17-,18+,19+/m0/s1. The number of aliphatic hydroxyl groups is 1. The van der Waals surface area contributed by atoms with Gasteiger partial charge < -0.3 is 10.4 Å². The molecule has 25 heavy (non-hydrogen) atoms. The topological polar surface area (TPSA) is 69.6 Å². The van der Waals surface area contributed by atoms with E-state index >= 15 is 0 Å². The lowest BCUT2D eigenvalue weighted by molar-refractivity contribution is 0.118. The quantitative estimate of drug-likeness (QED) is 0.745. The lowest BCUT2D eigenvalue weighted by atomic mass is 9.77. The number of likely N-dealkylation sites (N-methyl/N-ethyl adjacent to an activating group) is 1. The van der Waals surface area contributed by atoms with Crippen molar-refractivity contribution in [2.45, 2.75) is 37.8 Å². The van der Waals surface area contributed by atoms with Crippen molar-refractivity contribution in [1.82, 2.24) is 9.62 Å². The summed E-state index contributed by atoms with van der Waals surface area (Å²) >= 11 is 0. The highest BCUT2D eigenvalue weighted by molar-refractivity contribution is 7.89. The van der Waals surface area contributed by atoms with Crippen LogP contribution in [0.5, 0.6) is 0 Å². The number of hydrogen-bond donors (Lipinski definition) is 2. The molecule has 3 atom stereocenters. The molecule has 6 heteroatoms. The lowest BCUT2D eigenvalue weighted by Crippen LogP contribution is -2.64. The maximum absolute atomic E-state index is 12.0. The van der Waals surface area contributed by atoms with Crippen LogP contribution in [0.25, 0.3) is 0 Å². The van der Waals surface area contributed by atoms with Crippen LogP contribution in [0.4, 0.5) is 0 Å². The van der Waals surface area contributed by atoms with Crippen LogP contribution in [0.1, 0.15) is 36.8 Å². The normalized spacial score (nSPS) is 26.0. The molecule has 1 aliphatic heterocycles. The molecule has 1 heterocycles. The van der Waals surface area contributed by atoms with Crippen LogP contribution in [0, 0.1) is 17.8 Å². The smallest absolute Gasteiger partial charge is 0.213 e. The van der Waals surface area contributed by atoms with Crippen molar-refractivity contribution in [3.8, 4) is 11.8 Å². The van der Waals surface area contributed by atoms with Crippen LogP contribution in [0.15, 0.2) is 24.3 Å². The first-order valence-electron chi connectivity index (χ1n) is 8.87. The molecule has 0 radical (unpaired) electrons. The molecule has 2 aliphatic rings. The summed E-state index contributed by atoms with van der Waals surface area (Å²) in [5.74, 6) is 7.23. The van der Waals surface area contributed by atoms with E-state index in [0.717, 1.165) is 11.1 Å². The van der Waals surface area contributed by atoms with E-state index in [1.165, 1.54) is 17.1 Å². The van der Waals surface area contributed by atoms with E-state index in [0.29, 0.717) is 12.5 Å². The predicted molar refractivity (Wildman–Crippen MR) is 98.7 cm³/mol. The summed E-state index contributed by atoms with van der Waals surface area (Å²) in [7, 11) is -1.59. The van der Waals surface area contributed by atoms with Gasteiger partial charge in [-0.2, -0.15) is 0 Å². The second-order valence-electron chi connectivity index (χ2n) is 6.93. The van der Waals surface area contributed by atoms with E-state index in [4.69, 9.17) is 0 Å². The first kappa shape index (κ1) is 18.4. The molecule has 0 bridgehead atoms. The third-order valence-corrected chi connectivity index (χ3v) is 6.91. The van der Waals surface area contributed by atoms with Crippen LogP contribution in [-0.2, 0) is 10.0 Å². The van der Waals surface area contributed by atoms with E-state index in [9.17, 15) is 13.5 Å². The molecule has 1 saturated carbocycles. The number of sulfonamides is 1. The number of nitrogens with zero attached hydrogens (tertiary/aromatic N) is 1. The molecule has 0 spiro atoms. The number of nitrogens with one attached hydrogen (secondary N) is 1. The summed E-state index contributed by atoms with van der Waals surface area (Å²) in [6, 6.07) is 8.10. The van der Waals surface area contributed by atoms with Crippen LogP contribution in [0.2, 0.25) is 0 Å². The molecule has 1 aromatic rings. The second kappa shape index (κ2) is 7.46. The molecule has 136 valence electrons. The average molecular weight is 362 g/mol. The summed E-state index contributed by atoms with van der Waals surface area (Å²) in [6.07, 6.45) is 2.43. The maximum atomic E-state index is 12.0. The number of rotatable bonds is 6. The van der Waals surface area contributed by atoms with Crippen LogP contribution < -0.4 is 5.32 Å². The van der Waals surface area contributed by atoms with Gasteiger partial charge in [0, 0.05) is 43.1 Å². The SMILES string of the molecule is CCS(=O)(=O)N(C)C[C@@H]1N[C@H](CO)[C@@H]1c1ccc(C#CC2CC2)cc1. The minimum Gasteiger partial charge on any atom is -0.395 e. The van der Waals surface area contributed by atoms with Crippen LogP contribution in [0.3, 0.4) is 0 Å². The molecule has 2 fully saturated rings. The summed E-state index contributed by atoms with van der Waals surface area (Å²) in [6.45, 7) is 2.09. The molecule has 0 aromatic heterocycles. The van der Waals surface area contributed by atoms with Crippen molar-refractivity contribution in [1.29, 1.82) is 0 Å². The molecule has 2 N–H and O–H groups in total. The van der Waals surface area contributed by atoms with Crippen molar-refractivity contribution in [2.24, 2.45) is 5.92 Å². The van der Waals surface area contributed by atoms with Gasteiger partial charge in [0.2, 0.25) is 10.0 Å². The Kier molecular flexibility index (Phi) is 5.49. The summed E-state index contributed by atoms with van der Waals surface area (Å²) < 4.78 is 25.4. The van der Waals surface area contributed by atoms with E-state index in [2.05, 4.69) is 17.2 Å². The second-order valence-corrected chi connectivity index (χ2v) is 9.30. The van der Waals surface area contributed by atoms with Crippen molar-refractivity contribution in [3.05, 3.63) is 35.4 Å². The predicted octanol–water partition coefficient (Wildman–Crippen LogP) is 1.15. The minimum atomic E-state index is -3.20. The van der Waals surface area contributed by atoms with Crippen LogP contribution >= 0.6 is 0 Å². The Morgan fingerprint density at radius 1 is 1.24 bits per heavy atom. The lowest BCUT2D eigenvalue weighted by Gasteiger charge is -2.47. The van der Waals surface area contributed by atoms with E-state index < -0.39 is 10.0 Å². The summed E-state index contributed by atoms with van der Waals surface area (Å²) in [4.78, 5) is 0. The molecule has 1 saturated heterocycles. The largest absolute Gasteiger partial charge is 0.395 e. The fourth-order valence-corrected chi connectivity index (χ4v) is 4.08. The van der Waals surface area contributed by atoms with Gasteiger partial charge >= 0.3 is 0 Å². The molecule has 5 nitrogen and oxygen atoms in total. The first-order valence-corrected chi connectivity index (χ1v) is 10.5. The highest BCUT2D eigenvalue weighted by Gasteiger charge is 2.42. The van der Waals surface area contributed by atoms with Crippen molar-refractivity contribution >= 4 is 10.0 Å². The molecule has 0 unspecified atom stereocenters. The molecular formula is C19H26N2O3S. The van der Waals surface area contributed by atoms with Gasteiger partial charge in [-0.15, -0.1) is 0 Å². The fraction of sp³-hybridized carbons (Fsp3) is 0.579. The van der Waals surface area contributed by atoms with Gasteiger partial charge in [0.25, 0.3) is 0 Å². The number of hydrogen-bond acceptors (Lipinski definition) is 4. The van der Waals surface area contributed by atoms with Crippen molar-refractivity contribution in [2.75, 3.05) is 26.0 Å². The Balaban J connectivity index is 1.70. The molecule has 1 aromatic carbocycles. The van der Waals surface area contributed by atoms with Gasteiger partial charge in [0.15, 0.2) is 0 Å². The van der Waals surface area contributed by atoms with E-state index in [-0.39, 0.29) is 30.4 Å². The highest BCUT2D eigenvalue weighted by Crippen LogP contribution is 2.33. The number of aliphatic hydroxyl groups excluding tert-OH is 1. The Labute approximate surface area is 150 Å². The van der Waals surface area contributed by atoms with E-state index in [1.807, 2.05) is 24.3 Å². The maximum Gasteiger partial charge on any atom is 0.213 e. The summed E-state index contributed by atoms with van der Waals surface area (Å²) in [5, 5.41) is 12.8. The minimum absolute atomic E-state index is 0.00636. The molecule has 0 amide bonds. The molecular weight excluding hydrogens is 336 g/mol. The fourth-order valence-electron chi connectivity index (χ4n) is 3.25. The Morgan fingerprint density at radius 3 is 2.48 bits per heavy atom. The van der Waals surface area contributed by atoms with Gasteiger partial charge in [-0.3, -0.25) is 0 Å². The van der Waals surface area contributed by atoms with Crippen molar-refractivity contribution in [3.63, 3.8) is 0 Å². The molecule has 1 aliphatic carbocycles. The van der Waals surface area contributed by atoms with Gasteiger partial charge in [0.05, 0.1) is 12.4 Å². The third kappa shape index (κ3) is 4.24. The molecule has 3 rings (SSSR count). The van der Waals surface area contributed by atoms with Gasteiger partial charge in [-0.25, -0.2) is 12.7 Å². The third-order valence-electron chi connectivity index (χ3n) is 5.08. The Hall–Kier alpha value is -1.39. The number of benzene rings is 1. The highest BCUT2D eigenvalue weighted by atomic mass is 32.2. The Morgan fingerprint density at radius 2 is 1.92 bits per heavy atom.